The van der Waals surface area contributed by atoms with Gasteiger partial charge in [0.2, 0.25) is 5.91 Å². The molecule has 0 radical (unpaired) electrons. The number of nitrogens with one attached hydrogen (secondary N) is 1. The van der Waals surface area contributed by atoms with E-state index in [-0.39, 0.29) is 18.1 Å². The van der Waals surface area contributed by atoms with Crippen LogP contribution in [0.5, 0.6) is 0 Å². The van der Waals surface area contributed by atoms with Crippen molar-refractivity contribution in [2.75, 3.05) is 42.9 Å². The van der Waals surface area contributed by atoms with Crippen LogP contribution < -0.4 is 10.2 Å². The summed E-state index contributed by atoms with van der Waals surface area (Å²) in [6.45, 7) is 3.98. The molecule has 0 bridgehead atoms. The van der Waals surface area contributed by atoms with E-state index in [0.717, 1.165) is 12.3 Å². The second kappa shape index (κ2) is 8.66. The van der Waals surface area contributed by atoms with Crippen LogP contribution in [0, 0.1) is 17.0 Å². The minimum atomic E-state index is -4.42. The van der Waals surface area contributed by atoms with Gasteiger partial charge in [0.05, 0.1) is 17.0 Å². The number of nitro groups is 1. The molecule has 0 atom stereocenters. The Morgan fingerprint density at radius 1 is 1.20 bits per heavy atom. The fourth-order valence-corrected chi connectivity index (χ4v) is 3.17. The second-order valence-electron chi connectivity index (χ2n) is 6.97. The third-order valence-electron chi connectivity index (χ3n) is 4.83. The molecule has 11 heteroatoms. The normalized spacial score (nSPS) is 15.1. The van der Waals surface area contributed by atoms with Gasteiger partial charge in [-0.25, -0.2) is 4.98 Å². The van der Waals surface area contributed by atoms with Gasteiger partial charge in [-0.15, -0.1) is 0 Å². The van der Waals surface area contributed by atoms with Crippen molar-refractivity contribution in [2.24, 2.45) is 0 Å². The summed E-state index contributed by atoms with van der Waals surface area (Å²) in [6.07, 6.45) is -3.60. The van der Waals surface area contributed by atoms with E-state index in [1.165, 1.54) is 24.3 Å². The van der Waals surface area contributed by atoms with Gasteiger partial charge in [0.1, 0.15) is 5.82 Å². The number of hydrogen-bond donors (Lipinski definition) is 1. The fraction of sp³-hybridized carbons (Fsp3) is 0.368. The lowest BCUT2D eigenvalue weighted by Crippen LogP contribution is -2.49. The molecule has 1 aliphatic heterocycles. The Morgan fingerprint density at radius 2 is 1.90 bits per heavy atom. The van der Waals surface area contributed by atoms with Crippen LogP contribution in [0.3, 0.4) is 0 Å². The maximum absolute atomic E-state index is 12.6. The third-order valence-corrected chi connectivity index (χ3v) is 4.83. The quantitative estimate of drug-likeness (QED) is 0.587. The maximum atomic E-state index is 12.6. The first-order valence-electron chi connectivity index (χ1n) is 9.19. The Labute approximate surface area is 170 Å². The molecule has 2 heterocycles. The van der Waals surface area contributed by atoms with Gasteiger partial charge in [-0.2, -0.15) is 13.2 Å². The number of pyridine rings is 1. The van der Waals surface area contributed by atoms with E-state index in [2.05, 4.69) is 10.3 Å². The lowest BCUT2D eigenvalue weighted by molar-refractivity contribution is -0.384. The number of carbonyl (C=O) groups is 1. The number of aryl methyl sites for hydroxylation is 1. The predicted molar refractivity (Wildman–Crippen MR) is 104 cm³/mol. The summed E-state index contributed by atoms with van der Waals surface area (Å²) in [6, 6.07) is 6.58. The van der Waals surface area contributed by atoms with Crippen molar-refractivity contribution in [3.8, 4) is 0 Å². The van der Waals surface area contributed by atoms with Gasteiger partial charge in [-0.3, -0.25) is 19.8 Å². The molecule has 1 aromatic carbocycles. The van der Waals surface area contributed by atoms with Crippen LogP contribution in [0.4, 0.5) is 30.4 Å². The smallest absolute Gasteiger partial charge is 0.354 e. The van der Waals surface area contributed by atoms with E-state index < -0.39 is 16.7 Å². The molecule has 0 spiro atoms. The zero-order valence-electron chi connectivity index (χ0n) is 16.1. The number of benzene rings is 1. The van der Waals surface area contributed by atoms with Gasteiger partial charge in [0.25, 0.3) is 5.69 Å². The molecule has 1 aliphatic rings. The van der Waals surface area contributed by atoms with Crippen molar-refractivity contribution in [3.63, 3.8) is 0 Å². The molecule has 160 valence electrons. The highest BCUT2D eigenvalue weighted by Gasteiger charge is 2.31. The maximum Gasteiger partial charge on any atom is 0.417 e. The molecule has 1 amide bonds. The van der Waals surface area contributed by atoms with Gasteiger partial charge in [-0.05, 0) is 30.7 Å². The summed E-state index contributed by atoms with van der Waals surface area (Å²) < 4.78 is 37.9. The lowest BCUT2D eigenvalue weighted by atomic mass is 10.2. The van der Waals surface area contributed by atoms with Crippen molar-refractivity contribution < 1.29 is 22.9 Å². The number of non-ortho nitro benzene ring substituents is 1. The molecule has 0 aliphatic carbocycles. The number of amides is 1. The largest absolute Gasteiger partial charge is 0.417 e. The molecular formula is C19H20F3N5O3. The Kier molecular flexibility index (Phi) is 6.20. The monoisotopic (exact) mass is 423 g/mol. The molecular weight excluding hydrogens is 403 g/mol. The topological polar surface area (TPSA) is 91.6 Å². The van der Waals surface area contributed by atoms with Crippen LogP contribution in [-0.4, -0.2) is 53.4 Å². The van der Waals surface area contributed by atoms with Crippen LogP contribution in [0.2, 0.25) is 0 Å². The highest BCUT2D eigenvalue weighted by molar-refractivity contribution is 5.93. The summed E-state index contributed by atoms with van der Waals surface area (Å²) >= 11 is 0. The SMILES string of the molecule is Cc1cc([N+](=O)[O-])ccc1NC(=O)CN1CCN(c2ccc(C(F)(F)F)cn2)CC1. The number of nitrogens with zero attached hydrogens (tertiary/aromatic N) is 4. The van der Waals surface area contributed by atoms with E-state index in [1.807, 2.05) is 9.80 Å². The molecule has 0 unspecified atom stereocenters. The number of rotatable bonds is 5. The van der Waals surface area contributed by atoms with Crippen LogP contribution in [-0.2, 0) is 11.0 Å². The standard InChI is InChI=1S/C19H20F3N5O3/c1-13-10-15(27(29)30)3-4-16(13)24-18(28)12-25-6-8-26(9-7-25)17-5-2-14(11-23-17)19(20,21)22/h2-5,10-11H,6-9,12H2,1H3,(H,24,28). The number of hydrogen-bond acceptors (Lipinski definition) is 6. The van der Waals surface area contributed by atoms with Crippen LogP contribution >= 0.6 is 0 Å². The van der Waals surface area contributed by atoms with Gasteiger partial charge in [-0.1, -0.05) is 0 Å². The van der Waals surface area contributed by atoms with Gasteiger partial charge in [0, 0.05) is 50.2 Å². The van der Waals surface area contributed by atoms with Crippen molar-refractivity contribution in [3.05, 3.63) is 57.8 Å². The first-order chi connectivity index (χ1) is 14.1. The van der Waals surface area contributed by atoms with Crippen LogP contribution in [0.15, 0.2) is 36.5 Å². The first kappa shape index (κ1) is 21.5. The molecule has 30 heavy (non-hydrogen) atoms. The van der Waals surface area contributed by atoms with Crippen molar-refractivity contribution in [1.29, 1.82) is 0 Å². The van der Waals surface area contributed by atoms with E-state index in [0.29, 0.717) is 43.2 Å². The minimum Gasteiger partial charge on any atom is -0.354 e. The number of piperazine rings is 1. The highest BCUT2D eigenvalue weighted by atomic mass is 19.4. The summed E-state index contributed by atoms with van der Waals surface area (Å²) in [5, 5.41) is 13.5. The Bertz CT molecular complexity index is 926. The van der Waals surface area contributed by atoms with Gasteiger partial charge >= 0.3 is 6.18 Å². The van der Waals surface area contributed by atoms with Crippen LogP contribution in [0.25, 0.3) is 0 Å². The molecule has 2 aromatic rings. The number of alkyl halides is 3. The Morgan fingerprint density at radius 3 is 2.43 bits per heavy atom. The van der Waals surface area contributed by atoms with Crippen molar-refractivity contribution in [2.45, 2.75) is 13.1 Å². The summed E-state index contributed by atoms with van der Waals surface area (Å²) in [4.78, 5) is 30.3. The number of nitro benzene ring substituents is 1. The van der Waals surface area contributed by atoms with Gasteiger partial charge in [0.15, 0.2) is 0 Å². The molecule has 1 aromatic heterocycles. The van der Waals surface area contributed by atoms with Crippen molar-refractivity contribution in [1.82, 2.24) is 9.88 Å². The van der Waals surface area contributed by atoms with E-state index in [4.69, 9.17) is 0 Å². The van der Waals surface area contributed by atoms with E-state index >= 15 is 0 Å². The van der Waals surface area contributed by atoms with Crippen LogP contribution in [0.1, 0.15) is 11.1 Å². The van der Waals surface area contributed by atoms with E-state index in [1.54, 1.807) is 6.92 Å². The summed E-state index contributed by atoms with van der Waals surface area (Å²) in [5.74, 6) is 0.224. The number of anilines is 2. The fourth-order valence-electron chi connectivity index (χ4n) is 3.17. The highest BCUT2D eigenvalue weighted by Crippen LogP contribution is 2.29. The van der Waals surface area contributed by atoms with Crippen molar-refractivity contribution >= 4 is 23.1 Å². The number of carbonyl (C=O) groups excluding carboxylic acids is 1. The average Bonchev–Trinajstić information content (AvgIpc) is 2.69. The van der Waals surface area contributed by atoms with Gasteiger partial charge < -0.3 is 10.2 Å². The zero-order chi connectivity index (χ0) is 21.9. The number of aromatic nitrogens is 1. The lowest BCUT2D eigenvalue weighted by Gasteiger charge is -2.35. The third kappa shape index (κ3) is 5.23. The summed E-state index contributed by atoms with van der Waals surface area (Å²) in [5.41, 5.74) is 0.274. The molecule has 3 rings (SSSR count). The Hall–Kier alpha value is -3.21. The zero-order valence-corrected chi connectivity index (χ0v) is 16.1. The average molecular weight is 423 g/mol. The summed E-state index contributed by atoms with van der Waals surface area (Å²) in [7, 11) is 0. The minimum absolute atomic E-state index is 0.0431. The molecule has 1 N–H and O–H groups in total. The Balaban J connectivity index is 1.51. The molecule has 1 fully saturated rings. The van der Waals surface area contributed by atoms with E-state index in [9.17, 15) is 28.1 Å². The second-order valence-corrected chi connectivity index (χ2v) is 6.97. The number of halogens is 3. The predicted octanol–water partition coefficient (Wildman–Crippen LogP) is 3.08. The molecule has 0 saturated carbocycles. The molecule has 1 saturated heterocycles. The first-order valence-corrected chi connectivity index (χ1v) is 9.19. The molecule has 8 nitrogen and oxygen atoms in total.